The molecule has 108 valence electrons. The molecule has 21 heavy (non-hydrogen) atoms. The molecule has 1 aliphatic heterocycles. The normalized spacial score (nSPS) is 24.7. The Morgan fingerprint density at radius 1 is 0.952 bits per heavy atom. The molecule has 0 saturated heterocycles. The maximum Gasteiger partial charge on any atom is 0.0251 e. The fourth-order valence-electron chi connectivity index (χ4n) is 4.31. The van der Waals surface area contributed by atoms with E-state index in [0.29, 0.717) is 12.0 Å². The van der Waals surface area contributed by atoms with Gasteiger partial charge in [-0.1, -0.05) is 48.0 Å². The van der Waals surface area contributed by atoms with E-state index in [1.807, 2.05) is 0 Å². The number of benzene rings is 2. The number of rotatable bonds is 0. The Morgan fingerprint density at radius 3 is 2.67 bits per heavy atom. The number of nitrogens with zero attached hydrogens (tertiary/aromatic N) is 1. The third-order valence-corrected chi connectivity index (χ3v) is 5.42. The Labute approximate surface area is 127 Å². The Balaban J connectivity index is 1.92. The quantitative estimate of drug-likeness (QED) is 0.705. The molecule has 0 radical (unpaired) electrons. The molecular formula is C20H23N. The van der Waals surface area contributed by atoms with E-state index >= 15 is 0 Å². The number of likely N-dealkylation sites (N-methyl/N-ethyl adjacent to an activating group) is 1. The molecule has 0 spiro atoms. The lowest BCUT2D eigenvalue weighted by Gasteiger charge is -2.38. The first kappa shape index (κ1) is 13.1. The zero-order valence-corrected chi connectivity index (χ0v) is 13.0. The first-order chi connectivity index (χ1) is 10.2. The highest BCUT2D eigenvalue weighted by Gasteiger charge is 2.35. The summed E-state index contributed by atoms with van der Waals surface area (Å²) in [7, 11) is 2.31. The summed E-state index contributed by atoms with van der Waals surface area (Å²) in [6, 6.07) is 16.8. The minimum atomic E-state index is 0.554. The molecule has 0 fully saturated rings. The van der Waals surface area contributed by atoms with Crippen molar-refractivity contribution in [2.45, 2.75) is 38.1 Å². The van der Waals surface area contributed by atoms with E-state index in [4.69, 9.17) is 0 Å². The van der Waals surface area contributed by atoms with Gasteiger partial charge in [-0.3, -0.25) is 0 Å². The summed E-state index contributed by atoms with van der Waals surface area (Å²) in [5, 5.41) is 0. The molecule has 1 nitrogen and oxygen atoms in total. The Hall–Kier alpha value is -1.60. The van der Waals surface area contributed by atoms with E-state index in [9.17, 15) is 0 Å². The van der Waals surface area contributed by atoms with E-state index in [0.717, 1.165) is 0 Å². The lowest BCUT2D eigenvalue weighted by Crippen LogP contribution is -2.39. The fraction of sp³-hybridized carbons (Fsp3) is 0.400. The van der Waals surface area contributed by atoms with Gasteiger partial charge in [-0.2, -0.15) is 0 Å². The van der Waals surface area contributed by atoms with Crippen molar-refractivity contribution in [2.24, 2.45) is 0 Å². The molecule has 2 aromatic rings. The van der Waals surface area contributed by atoms with Crippen LogP contribution in [0.5, 0.6) is 0 Å². The molecule has 1 heterocycles. The van der Waals surface area contributed by atoms with Crippen LogP contribution in [0.4, 0.5) is 0 Å². The molecule has 2 aromatic carbocycles. The monoisotopic (exact) mass is 277 g/mol. The van der Waals surface area contributed by atoms with Gasteiger partial charge < -0.3 is 4.90 Å². The summed E-state index contributed by atoms with van der Waals surface area (Å²) in [6.45, 7) is 3.39. The molecular weight excluding hydrogens is 254 g/mol. The molecule has 0 aromatic heterocycles. The minimum Gasteiger partial charge on any atom is -0.302 e. The van der Waals surface area contributed by atoms with Gasteiger partial charge in [-0.25, -0.2) is 0 Å². The summed E-state index contributed by atoms with van der Waals surface area (Å²) in [5.41, 5.74) is 7.64. The van der Waals surface area contributed by atoms with Crippen LogP contribution in [0.25, 0.3) is 0 Å². The van der Waals surface area contributed by atoms with Crippen LogP contribution in [-0.4, -0.2) is 24.5 Å². The predicted molar refractivity (Wildman–Crippen MR) is 87.9 cm³/mol. The molecule has 1 aliphatic carbocycles. The van der Waals surface area contributed by atoms with Crippen molar-refractivity contribution in [1.29, 1.82) is 0 Å². The van der Waals surface area contributed by atoms with Crippen LogP contribution in [0.15, 0.2) is 42.5 Å². The highest BCUT2D eigenvalue weighted by atomic mass is 15.1. The van der Waals surface area contributed by atoms with E-state index in [2.05, 4.69) is 61.3 Å². The van der Waals surface area contributed by atoms with Crippen LogP contribution >= 0.6 is 0 Å². The predicted octanol–water partition coefficient (Wildman–Crippen LogP) is 3.93. The summed E-state index contributed by atoms with van der Waals surface area (Å²) in [5.74, 6) is 0.554. The summed E-state index contributed by atoms with van der Waals surface area (Å²) in [6.07, 6.45) is 3.69. The van der Waals surface area contributed by atoms with Crippen molar-refractivity contribution in [3.8, 4) is 0 Å². The van der Waals surface area contributed by atoms with Gasteiger partial charge in [0.2, 0.25) is 0 Å². The zero-order chi connectivity index (χ0) is 14.4. The van der Waals surface area contributed by atoms with Crippen LogP contribution in [-0.2, 0) is 12.8 Å². The lowest BCUT2D eigenvalue weighted by molar-refractivity contribution is 0.214. The van der Waals surface area contributed by atoms with Crippen molar-refractivity contribution in [3.05, 3.63) is 70.3 Å². The van der Waals surface area contributed by atoms with Gasteiger partial charge >= 0.3 is 0 Å². The summed E-state index contributed by atoms with van der Waals surface area (Å²) in [4.78, 5) is 2.59. The molecule has 2 unspecified atom stereocenters. The first-order valence-electron chi connectivity index (χ1n) is 8.11. The van der Waals surface area contributed by atoms with Gasteiger partial charge in [0.15, 0.2) is 0 Å². The standard InChI is InChI=1S/C20H23N/c1-14-7-9-18-16(13-14)11-12-21(2)19-10-8-15-5-3-4-6-17(15)20(18)19/h3-7,9,13,19-20H,8,10-12H2,1-2H3. The number of hydrogen-bond acceptors (Lipinski definition) is 1. The maximum absolute atomic E-state index is 2.59. The summed E-state index contributed by atoms with van der Waals surface area (Å²) < 4.78 is 0. The van der Waals surface area contributed by atoms with Crippen molar-refractivity contribution >= 4 is 0 Å². The highest BCUT2D eigenvalue weighted by molar-refractivity contribution is 5.46. The molecule has 2 atom stereocenters. The van der Waals surface area contributed by atoms with Crippen LogP contribution in [0.2, 0.25) is 0 Å². The number of aryl methyl sites for hydroxylation is 2. The molecule has 2 aliphatic rings. The molecule has 4 rings (SSSR count). The second-order valence-electron chi connectivity index (χ2n) is 6.72. The Kier molecular flexibility index (Phi) is 3.11. The van der Waals surface area contributed by atoms with Crippen LogP contribution in [0, 0.1) is 6.92 Å². The largest absolute Gasteiger partial charge is 0.302 e. The number of fused-ring (bicyclic) bond motifs is 5. The highest BCUT2D eigenvalue weighted by Crippen LogP contribution is 2.42. The minimum absolute atomic E-state index is 0.554. The van der Waals surface area contributed by atoms with Crippen LogP contribution < -0.4 is 0 Å². The van der Waals surface area contributed by atoms with Gasteiger partial charge in [0.25, 0.3) is 0 Å². The Morgan fingerprint density at radius 2 is 1.76 bits per heavy atom. The van der Waals surface area contributed by atoms with E-state index in [-0.39, 0.29) is 0 Å². The third-order valence-electron chi connectivity index (χ3n) is 5.42. The van der Waals surface area contributed by atoms with Gasteiger partial charge in [0.1, 0.15) is 0 Å². The maximum atomic E-state index is 2.59. The van der Waals surface area contributed by atoms with Gasteiger partial charge in [0, 0.05) is 18.5 Å². The van der Waals surface area contributed by atoms with Gasteiger partial charge in [0.05, 0.1) is 0 Å². The average molecular weight is 277 g/mol. The smallest absolute Gasteiger partial charge is 0.0251 e. The van der Waals surface area contributed by atoms with Crippen molar-refractivity contribution in [2.75, 3.05) is 13.6 Å². The van der Waals surface area contributed by atoms with Crippen molar-refractivity contribution in [3.63, 3.8) is 0 Å². The molecule has 0 N–H and O–H groups in total. The zero-order valence-electron chi connectivity index (χ0n) is 13.0. The van der Waals surface area contributed by atoms with Crippen molar-refractivity contribution in [1.82, 2.24) is 4.90 Å². The molecule has 1 heteroatoms. The molecule has 0 amide bonds. The lowest BCUT2D eigenvalue weighted by atomic mass is 9.74. The fourth-order valence-corrected chi connectivity index (χ4v) is 4.31. The van der Waals surface area contributed by atoms with Gasteiger partial charge in [-0.05, 0) is 55.5 Å². The van der Waals surface area contributed by atoms with E-state index in [1.54, 1.807) is 22.3 Å². The van der Waals surface area contributed by atoms with E-state index < -0.39 is 0 Å². The third kappa shape index (κ3) is 2.11. The molecule has 0 bridgehead atoms. The second kappa shape index (κ2) is 4.99. The van der Waals surface area contributed by atoms with Crippen molar-refractivity contribution < 1.29 is 0 Å². The number of hydrogen-bond donors (Lipinski definition) is 0. The average Bonchev–Trinajstić information content (AvgIpc) is 2.65. The summed E-state index contributed by atoms with van der Waals surface area (Å²) >= 11 is 0. The SMILES string of the molecule is Cc1ccc2c(c1)CCN(C)C1CCc3ccccc3C21. The second-order valence-corrected chi connectivity index (χ2v) is 6.72. The van der Waals surface area contributed by atoms with Gasteiger partial charge in [-0.15, -0.1) is 0 Å². The Bertz CT molecular complexity index is 673. The first-order valence-corrected chi connectivity index (χ1v) is 8.11. The van der Waals surface area contributed by atoms with Crippen LogP contribution in [0.3, 0.4) is 0 Å². The molecule has 0 saturated carbocycles. The van der Waals surface area contributed by atoms with Crippen LogP contribution in [0.1, 0.15) is 40.2 Å². The topological polar surface area (TPSA) is 3.24 Å². The van der Waals surface area contributed by atoms with E-state index in [1.165, 1.54) is 31.4 Å².